The van der Waals surface area contributed by atoms with Crippen LogP contribution in [-0.2, 0) is 4.74 Å². The average molecular weight is 279 g/mol. The van der Waals surface area contributed by atoms with Gasteiger partial charge >= 0.3 is 0 Å². The Hall–Kier alpha value is -0.0800. The Morgan fingerprint density at radius 1 is 1.00 bits per heavy atom. The summed E-state index contributed by atoms with van der Waals surface area (Å²) in [4.78, 5) is 0. The highest BCUT2D eigenvalue weighted by Gasteiger charge is 2.31. The molecule has 2 aliphatic carbocycles. The highest BCUT2D eigenvalue weighted by molar-refractivity contribution is 4.86. The summed E-state index contributed by atoms with van der Waals surface area (Å²) >= 11 is 0. The van der Waals surface area contributed by atoms with E-state index in [-0.39, 0.29) is 0 Å². The van der Waals surface area contributed by atoms with E-state index in [1.807, 2.05) is 0 Å². The molecule has 4 atom stereocenters. The van der Waals surface area contributed by atoms with Crippen LogP contribution in [0.25, 0.3) is 0 Å². The molecule has 0 spiro atoms. The molecule has 3 aliphatic rings. The maximum atomic E-state index is 5.82. The van der Waals surface area contributed by atoms with E-state index in [4.69, 9.17) is 4.74 Å². The van der Waals surface area contributed by atoms with Gasteiger partial charge in [-0.1, -0.05) is 19.8 Å². The van der Waals surface area contributed by atoms with Crippen molar-refractivity contribution >= 4 is 0 Å². The molecule has 20 heavy (non-hydrogen) atoms. The zero-order valence-corrected chi connectivity index (χ0v) is 13.3. The first kappa shape index (κ1) is 14.8. The van der Waals surface area contributed by atoms with Crippen molar-refractivity contribution in [1.82, 2.24) is 5.32 Å². The first-order chi connectivity index (χ1) is 9.85. The van der Waals surface area contributed by atoms with Crippen LogP contribution in [0.2, 0.25) is 0 Å². The Labute approximate surface area is 125 Å². The van der Waals surface area contributed by atoms with E-state index in [2.05, 4.69) is 12.2 Å². The summed E-state index contributed by atoms with van der Waals surface area (Å²) in [5.41, 5.74) is 0. The summed E-state index contributed by atoms with van der Waals surface area (Å²) in [5.74, 6) is 2.91. The van der Waals surface area contributed by atoms with Gasteiger partial charge in [0.15, 0.2) is 0 Å². The molecule has 2 heteroatoms. The molecule has 1 N–H and O–H groups in total. The van der Waals surface area contributed by atoms with Crippen molar-refractivity contribution in [2.75, 3.05) is 13.2 Å². The summed E-state index contributed by atoms with van der Waals surface area (Å²) in [7, 11) is 0. The minimum atomic E-state index is 0.592. The highest BCUT2D eigenvalue weighted by Crippen LogP contribution is 2.39. The van der Waals surface area contributed by atoms with Gasteiger partial charge in [0, 0.05) is 12.6 Å². The van der Waals surface area contributed by atoms with Crippen molar-refractivity contribution in [2.24, 2.45) is 17.8 Å². The van der Waals surface area contributed by atoms with Gasteiger partial charge < -0.3 is 10.1 Å². The van der Waals surface area contributed by atoms with Gasteiger partial charge in [-0.2, -0.15) is 0 Å². The van der Waals surface area contributed by atoms with Crippen LogP contribution in [0, 0.1) is 17.8 Å². The van der Waals surface area contributed by atoms with Gasteiger partial charge in [-0.05, 0) is 75.7 Å². The first-order valence-electron chi connectivity index (χ1n) is 9.20. The Balaban J connectivity index is 1.46. The molecule has 4 unspecified atom stereocenters. The van der Waals surface area contributed by atoms with Crippen molar-refractivity contribution in [1.29, 1.82) is 0 Å². The molecule has 1 saturated heterocycles. The number of ether oxygens (including phenoxy) is 1. The molecular weight excluding hydrogens is 246 g/mol. The van der Waals surface area contributed by atoms with Gasteiger partial charge in [0.05, 0.1) is 6.10 Å². The van der Waals surface area contributed by atoms with E-state index in [0.717, 1.165) is 30.4 Å². The minimum absolute atomic E-state index is 0.592. The number of nitrogens with one attached hydrogen (secondary N) is 1. The molecule has 3 fully saturated rings. The maximum Gasteiger partial charge on any atom is 0.0576 e. The molecule has 0 amide bonds. The molecule has 0 bridgehead atoms. The van der Waals surface area contributed by atoms with Gasteiger partial charge in [-0.3, -0.25) is 0 Å². The van der Waals surface area contributed by atoms with Crippen LogP contribution < -0.4 is 5.32 Å². The summed E-state index contributed by atoms with van der Waals surface area (Å²) < 4.78 is 5.82. The molecule has 0 radical (unpaired) electrons. The van der Waals surface area contributed by atoms with Crippen LogP contribution in [0.1, 0.15) is 71.1 Å². The number of rotatable bonds is 7. The quantitative estimate of drug-likeness (QED) is 0.756. The molecule has 0 aromatic carbocycles. The normalized spacial score (nSPS) is 38.2. The van der Waals surface area contributed by atoms with Crippen molar-refractivity contribution in [3.8, 4) is 0 Å². The molecule has 0 aromatic heterocycles. The topological polar surface area (TPSA) is 21.3 Å². The van der Waals surface area contributed by atoms with Crippen LogP contribution in [0.3, 0.4) is 0 Å². The molecule has 0 aromatic rings. The van der Waals surface area contributed by atoms with Gasteiger partial charge in [-0.25, -0.2) is 0 Å². The second kappa shape index (κ2) is 7.26. The van der Waals surface area contributed by atoms with Crippen LogP contribution in [0.5, 0.6) is 0 Å². The van der Waals surface area contributed by atoms with E-state index in [9.17, 15) is 0 Å². The smallest absolute Gasteiger partial charge is 0.0576 e. The molecule has 3 rings (SSSR count). The molecule has 116 valence electrons. The molecule has 1 heterocycles. The van der Waals surface area contributed by atoms with E-state index in [0.29, 0.717) is 6.10 Å². The Morgan fingerprint density at radius 2 is 1.90 bits per heavy atom. The third-order valence-corrected chi connectivity index (χ3v) is 5.96. The zero-order valence-electron chi connectivity index (χ0n) is 13.3. The fourth-order valence-corrected chi connectivity index (χ4v) is 4.29. The molecule has 1 aliphatic heterocycles. The second-order valence-corrected chi connectivity index (χ2v) is 7.50. The van der Waals surface area contributed by atoms with E-state index in [1.54, 1.807) is 0 Å². The van der Waals surface area contributed by atoms with Gasteiger partial charge in [0.25, 0.3) is 0 Å². The minimum Gasteiger partial charge on any atom is -0.378 e. The fourth-order valence-electron chi connectivity index (χ4n) is 4.29. The van der Waals surface area contributed by atoms with Crippen molar-refractivity contribution in [2.45, 2.75) is 83.3 Å². The molecular formula is C18H33NO. The lowest BCUT2D eigenvalue weighted by atomic mass is 9.71. The SMILES string of the molecule is CCC1CCC(CNC2CC2)C(CCC2CCCO2)C1. The van der Waals surface area contributed by atoms with Crippen LogP contribution >= 0.6 is 0 Å². The molecule has 2 saturated carbocycles. The van der Waals surface area contributed by atoms with Gasteiger partial charge in [-0.15, -0.1) is 0 Å². The maximum absolute atomic E-state index is 5.82. The van der Waals surface area contributed by atoms with Crippen LogP contribution in [0.4, 0.5) is 0 Å². The summed E-state index contributed by atoms with van der Waals surface area (Å²) in [6.07, 6.45) is 14.6. The fraction of sp³-hybridized carbons (Fsp3) is 1.00. The second-order valence-electron chi connectivity index (χ2n) is 7.50. The first-order valence-corrected chi connectivity index (χ1v) is 9.20. The summed E-state index contributed by atoms with van der Waals surface area (Å²) in [6.45, 7) is 4.68. The predicted molar refractivity (Wildman–Crippen MR) is 83.8 cm³/mol. The van der Waals surface area contributed by atoms with Crippen molar-refractivity contribution in [3.05, 3.63) is 0 Å². The zero-order chi connectivity index (χ0) is 13.8. The lowest BCUT2D eigenvalue weighted by molar-refractivity contribution is 0.0838. The largest absolute Gasteiger partial charge is 0.378 e. The van der Waals surface area contributed by atoms with E-state index >= 15 is 0 Å². The summed E-state index contributed by atoms with van der Waals surface area (Å²) in [5, 5.41) is 3.79. The highest BCUT2D eigenvalue weighted by atomic mass is 16.5. The average Bonchev–Trinajstić information content (AvgIpc) is 3.17. The standard InChI is InChI=1S/C18H33NO/c1-2-14-5-6-16(13-19-17-8-9-17)15(12-14)7-10-18-4-3-11-20-18/h14-19H,2-13H2,1H3. The van der Waals surface area contributed by atoms with Gasteiger partial charge in [0.2, 0.25) is 0 Å². The Bertz CT molecular complexity index is 283. The van der Waals surface area contributed by atoms with E-state index < -0.39 is 0 Å². The predicted octanol–water partition coefficient (Wildman–Crippen LogP) is 4.14. The third kappa shape index (κ3) is 4.21. The van der Waals surface area contributed by atoms with Gasteiger partial charge in [0.1, 0.15) is 0 Å². The van der Waals surface area contributed by atoms with Crippen molar-refractivity contribution in [3.63, 3.8) is 0 Å². The number of hydrogen-bond donors (Lipinski definition) is 1. The molecule has 2 nitrogen and oxygen atoms in total. The number of hydrogen-bond acceptors (Lipinski definition) is 2. The van der Waals surface area contributed by atoms with Crippen LogP contribution in [-0.4, -0.2) is 25.3 Å². The third-order valence-electron chi connectivity index (χ3n) is 5.96. The Morgan fingerprint density at radius 3 is 2.60 bits per heavy atom. The van der Waals surface area contributed by atoms with E-state index in [1.165, 1.54) is 70.8 Å². The monoisotopic (exact) mass is 279 g/mol. The summed E-state index contributed by atoms with van der Waals surface area (Å²) in [6, 6.07) is 0.873. The Kier molecular flexibility index (Phi) is 5.39. The lowest BCUT2D eigenvalue weighted by Crippen LogP contribution is -2.34. The lowest BCUT2D eigenvalue weighted by Gasteiger charge is -2.36. The van der Waals surface area contributed by atoms with Crippen molar-refractivity contribution < 1.29 is 4.74 Å². The van der Waals surface area contributed by atoms with Crippen LogP contribution in [0.15, 0.2) is 0 Å².